The van der Waals surface area contributed by atoms with Crippen molar-refractivity contribution in [3.63, 3.8) is 0 Å². The molecule has 0 aromatic heterocycles. The van der Waals surface area contributed by atoms with E-state index >= 15 is 0 Å². The summed E-state index contributed by atoms with van der Waals surface area (Å²) in [6, 6.07) is 12.2. The van der Waals surface area contributed by atoms with Crippen molar-refractivity contribution in [1.29, 1.82) is 0 Å². The summed E-state index contributed by atoms with van der Waals surface area (Å²) < 4.78 is 41.8. The van der Waals surface area contributed by atoms with Gasteiger partial charge in [0.1, 0.15) is 5.75 Å². The van der Waals surface area contributed by atoms with Gasteiger partial charge in [-0.1, -0.05) is 29.8 Å². The molecule has 2 rings (SSSR count). The number of likely N-dealkylation sites (N-methyl/N-ethyl adjacent to an activating group) is 1. The van der Waals surface area contributed by atoms with Crippen LogP contribution in [-0.4, -0.2) is 43.1 Å². The predicted molar refractivity (Wildman–Crippen MR) is 95.0 cm³/mol. The summed E-state index contributed by atoms with van der Waals surface area (Å²) in [5, 5.41) is 2.62. The molecular weight excluding hydrogens is 385 g/mol. The number of nitrogens with one attached hydrogen (secondary N) is 1. The first-order chi connectivity index (χ1) is 12.7. The van der Waals surface area contributed by atoms with E-state index < -0.39 is 18.7 Å². The van der Waals surface area contributed by atoms with Crippen molar-refractivity contribution in [2.75, 3.05) is 25.5 Å². The highest BCUT2D eigenvalue weighted by Crippen LogP contribution is 2.29. The van der Waals surface area contributed by atoms with Gasteiger partial charge in [-0.25, -0.2) is 0 Å². The average molecular weight is 401 g/mol. The first kappa shape index (κ1) is 20.6. The summed E-state index contributed by atoms with van der Waals surface area (Å²) >= 11 is 5.83. The molecule has 0 unspecified atom stereocenters. The van der Waals surface area contributed by atoms with E-state index in [0.29, 0.717) is 5.56 Å². The third-order valence-corrected chi connectivity index (χ3v) is 3.59. The van der Waals surface area contributed by atoms with Crippen LogP contribution in [0.3, 0.4) is 0 Å². The van der Waals surface area contributed by atoms with Crippen LogP contribution in [0.2, 0.25) is 5.02 Å². The number of anilines is 1. The number of rotatable bonds is 6. The lowest BCUT2D eigenvalue weighted by Gasteiger charge is -2.18. The minimum absolute atomic E-state index is 0.0164. The van der Waals surface area contributed by atoms with Gasteiger partial charge in [0, 0.05) is 17.6 Å². The highest BCUT2D eigenvalue weighted by molar-refractivity contribution is 6.31. The van der Waals surface area contributed by atoms with Gasteiger partial charge in [0.05, 0.1) is 12.2 Å². The maximum Gasteiger partial charge on any atom is 0.422 e. The Kier molecular flexibility index (Phi) is 6.68. The molecule has 0 saturated heterocycles. The maximum atomic E-state index is 12.4. The molecule has 27 heavy (non-hydrogen) atoms. The third-order valence-electron chi connectivity index (χ3n) is 3.36. The zero-order valence-corrected chi connectivity index (χ0v) is 15.0. The fourth-order valence-corrected chi connectivity index (χ4v) is 2.34. The van der Waals surface area contributed by atoms with E-state index in [1.165, 1.54) is 30.1 Å². The van der Waals surface area contributed by atoms with Crippen molar-refractivity contribution >= 4 is 29.1 Å². The van der Waals surface area contributed by atoms with Gasteiger partial charge in [0.2, 0.25) is 5.91 Å². The number of halogens is 4. The lowest BCUT2D eigenvalue weighted by molar-refractivity contribution is -0.153. The van der Waals surface area contributed by atoms with Crippen molar-refractivity contribution in [3.05, 3.63) is 59.1 Å². The van der Waals surface area contributed by atoms with Crippen LogP contribution in [-0.2, 0) is 4.79 Å². The third kappa shape index (κ3) is 6.49. The van der Waals surface area contributed by atoms with Gasteiger partial charge in [0.15, 0.2) is 6.61 Å². The Hall–Kier alpha value is -2.74. The van der Waals surface area contributed by atoms with E-state index in [9.17, 15) is 22.8 Å². The Morgan fingerprint density at radius 2 is 1.81 bits per heavy atom. The molecule has 0 bridgehead atoms. The topological polar surface area (TPSA) is 58.6 Å². The standard InChI is InChI=1S/C18H16ClF3N2O3/c1-24(17(26)12-5-3-2-4-6-12)10-16(25)23-14-9-13(19)7-8-15(14)27-11-18(20,21)22/h2-9H,10-11H2,1H3,(H,23,25). The highest BCUT2D eigenvalue weighted by atomic mass is 35.5. The summed E-state index contributed by atoms with van der Waals surface area (Å²) in [5.74, 6) is -1.16. The molecule has 0 radical (unpaired) electrons. The maximum absolute atomic E-state index is 12.4. The number of hydrogen-bond donors (Lipinski definition) is 1. The summed E-state index contributed by atoms with van der Waals surface area (Å²) in [4.78, 5) is 25.6. The van der Waals surface area contributed by atoms with Crippen LogP contribution in [0.15, 0.2) is 48.5 Å². The molecule has 2 aromatic rings. The number of carbonyl (C=O) groups excluding carboxylic acids is 2. The Labute approximate surface area is 158 Å². The minimum Gasteiger partial charge on any atom is -0.482 e. The van der Waals surface area contributed by atoms with E-state index in [0.717, 1.165) is 0 Å². The fourth-order valence-electron chi connectivity index (χ4n) is 2.16. The van der Waals surface area contributed by atoms with Gasteiger partial charge in [-0.2, -0.15) is 13.2 Å². The molecule has 0 atom stereocenters. The number of ether oxygens (including phenoxy) is 1. The summed E-state index contributed by atoms with van der Waals surface area (Å²) in [5.41, 5.74) is 0.391. The molecule has 2 aromatic carbocycles. The molecule has 144 valence electrons. The molecule has 0 fully saturated rings. The van der Waals surface area contributed by atoms with Crippen LogP contribution in [0.4, 0.5) is 18.9 Å². The average Bonchev–Trinajstić information content (AvgIpc) is 2.60. The molecule has 0 spiro atoms. The molecule has 5 nitrogen and oxygen atoms in total. The minimum atomic E-state index is -4.52. The lowest BCUT2D eigenvalue weighted by Crippen LogP contribution is -2.35. The largest absolute Gasteiger partial charge is 0.482 e. The SMILES string of the molecule is CN(CC(=O)Nc1cc(Cl)ccc1OCC(F)(F)F)C(=O)c1ccccc1. The second-order valence-corrected chi connectivity index (χ2v) is 6.06. The van der Waals surface area contributed by atoms with Crippen LogP contribution < -0.4 is 10.1 Å². The van der Waals surface area contributed by atoms with Crippen LogP contribution in [0.25, 0.3) is 0 Å². The summed E-state index contributed by atoms with van der Waals surface area (Å²) in [7, 11) is 1.44. The summed E-state index contributed by atoms with van der Waals surface area (Å²) in [6.45, 7) is -1.82. The molecule has 0 heterocycles. The van der Waals surface area contributed by atoms with Gasteiger partial charge in [0.25, 0.3) is 5.91 Å². The molecular formula is C18H16ClF3N2O3. The second kappa shape index (κ2) is 8.77. The smallest absolute Gasteiger partial charge is 0.422 e. The normalized spacial score (nSPS) is 11.0. The molecule has 9 heteroatoms. The molecule has 0 saturated carbocycles. The monoisotopic (exact) mass is 400 g/mol. The Morgan fingerprint density at radius 3 is 2.44 bits per heavy atom. The van der Waals surface area contributed by atoms with E-state index in [-0.39, 0.29) is 28.9 Å². The summed E-state index contributed by atoms with van der Waals surface area (Å²) in [6.07, 6.45) is -4.52. The van der Waals surface area contributed by atoms with Crippen molar-refractivity contribution < 1.29 is 27.5 Å². The molecule has 1 N–H and O–H groups in total. The van der Waals surface area contributed by atoms with E-state index in [1.54, 1.807) is 30.3 Å². The van der Waals surface area contributed by atoms with Gasteiger partial charge in [-0.05, 0) is 30.3 Å². The van der Waals surface area contributed by atoms with E-state index in [4.69, 9.17) is 16.3 Å². The number of hydrogen-bond acceptors (Lipinski definition) is 3. The quantitative estimate of drug-likeness (QED) is 0.797. The van der Waals surface area contributed by atoms with Crippen LogP contribution in [0, 0.1) is 0 Å². The van der Waals surface area contributed by atoms with Gasteiger partial charge < -0.3 is 15.0 Å². The molecule has 0 aliphatic heterocycles. The van der Waals surface area contributed by atoms with Crippen molar-refractivity contribution in [3.8, 4) is 5.75 Å². The van der Waals surface area contributed by atoms with E-state index in [2.05, 4.69) is 5.32 Å². The number of carbonyl (C=O) groups is 2. The van der Waals surface area contributed by atoms with Crippen LogP contribution in [0.1, 0.15) is 10.4 Å². The second-order valence-electron chi connectivity index (χ2n) is 5.62. The van der Waals surface area contributed by atoms with E-state index in [1.807, 2.05) is 0 Å². The number of nitrogens with zero attached hydrogens (tertiary/aromatic N) is 1. The first-order valence-electron chi connectivity index (χ1n) is 7.75. The first-order valence-corrected chi connectivity index (χ1v) is 8.13. The fraction of sp³-hybridized carbons (Fsp3) is 0.222. The molecule has 0 aliphatic rings. The predicted octanol–water partition coefficient (Wildman–Crippen LogP) is 3.99. The number of benzene rings is 2. The highest BCUT2D eigenvalue weighted by Gasteiger charge is 2.29. The van der Waals surface area contributed by atoms with Crippen LogP contribution >= 0.6 is 11.6 Å². The van der Waals surface area contributed by atoms with Gasteiger partial charge in [-0.15, -0.1) is 0 Å². The Morgan fingerprint density at radius 1 is 1.15 bits per heavy atom. The van der Waals surface area contributed by atoms with Crippen molar-refractivity contribution in [2.24, 2.45) is 0 Å². The van der Waals surface area contributed by atoms with Crippen LogP contribution in [0.5, 0.6) is 5.75 Å². The Balaban J connectivity index is 2.04. The molecule has 0 aliphatic carbocycles. The zero-order chi connectivity index (χ0) is 20.0. The van der Waals surface area contributed by atoms with Crippen molar-refractivity contribution in [1.82, 2.24) is 4.90 Å². The molecule has 2 amide bonds. The Bertz CT molecular complexity index is 813. The lowest BCUT2D eigenvalue weighted by atomic mass is 10.2. The number of amides is 2. The van der Waals surface area contributed by atoms with Crippen molar-refractivity contribution in [2.45, 2.75) is 6.18 Å². The van der Waals surface area contributed by atoms with Gasteiger partial charge in [-0.3, -0.25) is 9.59 Å². The van der Waals surface area contributed by atoms with Gasteiger partial charge >= 0.3 is 6.18 Å². The zero-order valence-electron chi connectivity index (χ0n) is 14.2. The number of alkyl halides is 3.